The highest BCUT2D eigenvalue weighted by atomic mass is 32.1. The molecule has 6 heteroatoms. The Bertz CT molecular complexity index is 4180. The van der Waals surface area contributed by atoms with E-state index in [1.807, 2.05) is 40.9 Å². The van der Waals surface area contributed by atoms with Crippen molar-refractivity contribution >= 4 is 108 Å². The molecular weight excluding hydrogens is 817 g/mol. The maximum Gasteiger partial charge on any atom is 0.165 e. The van der Waals surface area contributed by atoms with Crippen LogP contribution in [0.15, 0.2) is 170 Å². The first-order valence-electron chi connectivity index (χ1n) is 21.9. The molecule has 0 saturated carbocycles. The van der Waals surface area contributed by atoms with Crippen molar-refractivity contribution in [2.24, 2.45) is 5.92 Å². The summed E-state index contributed by atoms with van der Waals surface area (Å²) < 4.78 is 7.48. The van der Waals surface area contributed by atoms with Crippen LogP contribution in [-0.4, -0.2) is 19.5 Å². The molecule has 9 aromatic carbocycles. The molecule has 0 aliphatic heterocycles. The average Bonchev–Trinajstić information content (AvgIpc) is 4.03. The molecular formula is C58H36N4S2. The van der Waals surface area contributed by atoms with Gasteiger partial charge in [-0.15, -0.1) is 22.7 Å². The third kappa shape index (κ3) is 5.24. The van der Waals surface area contributed by atoms with Gasteiger partial charge >= 0.3 is 0 Å². The molecule has 1 aliphatic carbocycles. The average molecular weight is 853 g/mol. The fourth-order valence-corrected chi connectivity index (χ4v) is 13.0. The molecule has 0 spiro atoms. The standard InChI is InChI=1S/C58H36N4S2/c1-33-25-30-49-46(31-33)38-27-26-35(32-50(38)63-49)57-59-56(34-13-4-2-5-14-34)60-58(61-57)45-23-11-22-44-43-21-10-20-42(54(43)64-55(44)45)41-28-29-48-53-51(41)39-18-9-8-17-37(39)40-19-12-24-47(52(40)53)62(48)36-15-6-3-7-16-36/h2-24,26-33H,25H2,1H3. The van der Waals surface area contributed by atoms with Crippen LogP contribution >= 0.6 is 22.7 Å². The van der Waals surface area contributed by atoms with Gasteiger partial charge < -0.3 is 4.57 Å². The third-order valence-corrected chi connectivity index (χ3v) is 15.8. The Balaban J connectivity index is 1.00. The normalized spacial score (nSPS) is 14.0. The molecule has 13 aromatic rings. The van der Waals surface area contributed by atoms with Gasteiger partial charge in [0.25, 0.3) is 0 Å². The van der Waals surface area contributed by atoms with Gasteiger partial charge in [0.1, 0.15) is 0 Å². The Labute approximate surface area is 375 Å². The summed E-state index contributed by atoms with van der Waals surface area (Å²) in [5.74, 6) is 2.56. The van der Waals surface area contributed by atoms with Crippen LogP contribution in [0.5, 0.6) is 0 Å². The van der Waals surface area contributed by atoms with Crippen molar-refractivity contribution in [2.75, 3.05) is 0 Å². The van der Waals surface area contributed by atoms with Crippen molar-refractivity contribution in [3.63, 3.8) is 0 Å². The quantitative estimate of drug-likeness (QED) is 0.162. The van der Waals surface area contributed by atoms with Gasteiger partial charge in [-0.3, -0.25) is 0 Å². The summed E-state index contributed by atoms with van der Waals surface area (Å²) in [5, 5.41) is 12.8. The lowest BCUT2D eigenvalue weighted by atomic mass is 9.89. The van der Waals surface area contributed by atoms with Crippen molar-refractivity contribution in [3.8, 4) is 51.0 Å². The molecule has 0 amide bonds. The van der Waals surface area contributed by atoms with Gasteiger partial charge in [-0.25, -0.2) is 15.0 Å². The van der Waals surface area contributed by atoms with E-state index in [0.29, 0.717) is 23.4 Å². The summed E-state index contributed by atoms with van der Waals surface area (Å²) in [5.41, 5.74) is 9.04. The molecule has 0 N–H and O–H groups in total. The van der Waals surface area contributed by atoms with Gasteiger partial charge in [0.15, 0.2) is 17.5 Å². The minimum atomic E-state index is 0.543. The fraction of sp³-hybridized carbons (Fsp3) is 0.0517. The van der Waals surface area contributed by atoms with Crippen molar-refractivity contribution < 1.29 is 0 Å². The Morgan fingerprint density at radius 2 is 1.11 bits per heavy atom. The number of thiophene rings is 2. The second-order valence-corrected chi connectivity index (χ2v) is 19.2. The molecule has 0 saturated heterocycles. The van der Waals surface area contributed by atoms with Crippen LogP contribution in [0.4, 0.5) is 0 Å². The number of para-hydroxylation sites is 1. The van der Waals surface area contributed by atoms with E-state index in [1.165, 1.54) is 94.5 Å². The molecule has 0 radical (unpaired) electrons. The molecule has 4 heterocycles. The highest BCUT2D eigenvalue weighted by molar-refractivity contribution is 7.27. The zero-order valence-electron chi connectivity index (χ0n) is 34.7. The first-order chi connectivity index (χ1) is 31.6. The zero-order chi connectivity index (χ0) is 42.0. The highest BCUT2D eigenvalue weighted by Crippen LogP contribution is 2.50. The Morgan fingerprint density at radius 3 is 1.94 bits per heavy atom. The van der Waals surface area contributed by atoms with E-state index in [0.717, 1.165) is 28.8 Å². The smallest absolute Gasteiger partial charge is 0.165 e. The predicted octanol–water partition coefficient (Wildman–Crippen LogP) is 14.6. The van der Waals surface area contributed by atoms with Crippen LogP contribution in [0.3, 0.4) is 0 Å². The minimum absolute atomic E-state index is 0.543. The molecule has 1 atom stereocenters. The number of hydrogen-bond donors (Lipinski definition) is 0. The predicted molar refractivity (Wildman–Crippen MR) is 272 cm³/mol. The minimum Gasteiger partial charge on any atom is -0.309 e. The van der Waals surface area contributed by atoms with Crippen LogP contribution in [0, 0.1) is 5.92 Å². The van der Waals surface area contributed by atoms with E-state index in [2.05, 4.69) is 175 Å². The van der Waals surface area contributed by atoms with E-state index in [4.69, 9.17) is 15.0 Å². The molecule has 14 rings (SSSR count). The van der Waals surface area contributed by atoms with Crippen LogP contribution in [-0.2, 0) is 0 Å². The van der Waals surface area contributed by atoms with Crippen LogP contribution in [0.25, 0.3) is 137 Å². The van der Waals surface area contributed by atoms with Crippen molar-refractivity contribution in [2.45, 2.75) is 13.3 Å². The van der Waals surface area contributed by atoms with Crippen LogP contribution in [0.2, 0.25) is 0 Å². The molecule has 64 heavy (non-hydrogen) atoms. The van der Waals surface area contributed by atoms with Crippen molar-refractivity contribution in [1.82, 2.24) is 19.5 Å². The largest absolute Gasteiger partial charge is 0.309 e. The van der Waals surface area contributed by atoms with Gasteiger partial charge in [-0.1, -0.05) is 153 Å². The molecule has 0 fully saturated rings. The number of benzene rings is 9. The lowest BCUT2D eigenvalue weighted by Crippen LogP contribution is -2.23. The van der Waals surface area contributed by atoms with E-state index < -0.39 is 0 Å². The Kier molecular flexibility index (Phi) is 7.74. The summed E-state index contributed by atoms with van der Waals surface area (Å²) >= 11 is 3.70. The number of nitrogens with zero attached hydrogens (tertiary/aromatic N) is 4. The summed E-state index contributed by atoms with van der Waals surface area (Å²) in [6.07, 6.45) is 5.90. The van der Waals surface area contributed by atoms with Gasteiger partial charge in [-0.2, -0.15) is 0 Å². The number of hydrogen-bond acceptors (Lipinski definition) is 5. The van der Waals surface area contributed by atoms with Gasteiger partial charge in [0, 0.05) is 78.9 Å². The summed E-state index contributed by atoms with van der Waals surface area (Å²) in [6, 6.07) is 61.6. The highest BCUT2D eigenvalue weighted by Gasteiger charge is 2.24. The Hall–Kier alpha value is -7.51. The molecule has 4 nitrogen and oxygen atoms in total. The lowest BCUT2D eigenvalue weighted by Gasteiger charge is -2.14. The second-order valence-electron chi connectivity index (χ2n) is 17.1. The van der Waals surface area contributed by atoms with Gasteiger partial charge in [0.2, 0.25) is 0 Å². The van der Waals surface area contributed by atoms with E-state index in [9.17, 15) is 0 Å². The Morgan fingerprint density at radius 1 is 0.469 bits per heavy atom. The summed E-state index contributed by atoms with van der Waals surface area (Å²) in [4.78, 5) is 15.7. The van der Waals surface area contributed by atoms with Crippen molar-refractivity contribution in [1.29, 1.82) is 0 Å². The van der Waals surface area contributed by atoms with Gasteiger partial charge in [-0.05, 0) is 75.7 Å². The molecule has 1 unspecified atom stereocenters. The van der Waals surface area contributed by atoms with Crippen molar-refractivity contribution in [3.05, 3.63) is 180 Å². The molecule has 0 bridgehead atoms. The van der Waals surface area contributed by atoms with Crippen LogP contribution < -0.4 is 9.75 Å². The van der Waals surface area contributed by atoms with E-state index >= 15 is 0 Å². The van der Waals surface area contributed by atoms with Gasteiger partial charge in [0.05, 0.1) is 11.0 Å². The number of aromatic nitrogens is 4. The third-order valence-electron chi connectivity index (χ3n) is 13.3. The lowest BCUT2D eigenvalue weighted by molar-refractivity contribution is 0.803. The first kappa shape index (κ1) is 36.0. The first-order valence-corrected chi connectivity index (χ1v) is 23.5. The van der Waals surface area contributed by atoms with E-state index in [1.54, 1.807) is 0 Å². The fourth-order valence-electron chi connectivity index (χ4n) is 10.5. The van der Waals surface area contributed by atoms with E-state index in [-0.39, 0.29) is 0 Å². The van der Waals surface area contributed by atoms with Crippen LogP contribution in [0.1, 0.15) is 13.3 Å². The topological polar surface area (TPSA) is 43.6 Å². The zero-order valence-corrected chi connectivity index (χ0v) is 36.3. The molecule has 4 aromatic heterocycles. The molecule has 1 aliphatic rings. The maximum absolute atomic E-state index is 5.32. The maximum atomic E-state index is 5.32. The monoisotopic (exact) mass is 852 g/mol. The summed E-state index contributed by atoms with van der Waals surface area (Å²) in [7, 11) is 0. The SMILES string of the molecule is CC1C=c2c(sc3cc(-c4nc(-c5ccccc5)nc(-c5cccc6c5sc5c(-c7ccc8c9c7c7ccccc7c7cccc(c79)n8-c7ccccc7)cccc56)n4)ccc23)=CC1. The second kappa shape index (κ2) is 13.7. The number of fused-ring (bicyclic) bond motifs is 9. The number of rotatable bonds is 5. The summed E-state index contributed by atoms with van der Waals surface area (Å²) in [6.45, 7) is 2.29. The molecule has 300 valence electrons.